The Balaban J connectivity index is 1.53. The van der Waals surface area contributed by atoms with Gasteiger partial charge in [-0.15, -0.1) is 0 Å². The molecule has 0 aliphatic carbocycles. The Morgan fingerprint density at radius 2 is 1.89 bits per heavy atom. The van der Waals surface area contributed by atoms with Crippen LogP contribution in [-0.2, 0) is 19.7 Å². The van der Waals surface area contributed by atoms with E-state index in [1.807, 2.05) is 6.07 Å². The van der Waals surface area contributed by atoms with Crippen LogP contribution in [0.25, 0.3) is 0 Å². The Labute approximate surface area is 155 Å². The highest BCUT2D eigenvalue weighted by Crippen LogP contribution is 2.32. The predicted octanol–water partition coefficient (Wildman–Crippen LogP) is 1.44. The fraction of sp³-hybridized carbons (Fsp3) is 0.176. The van der Waals surface area contributed by atoms with Crippen molar-refractivity contribution in [3.8, 4) is 11.5 Å². The number of nitrogens with zero attached hydrogens (tertiary/aromatic N) is 1. The van der Waals surface area contributed by atoms with Crippen LogP contribution in [0.5, 0.6) is 11.5 Å². The quantitative estimate of drug-likeness (QED) is 0.566. The molecule has 3 N–H and O–H groups in total. The summed E-state index contributed by atoms with van der Waals surface area (Å²) in [6, 6.07) is 10.8. The molecule has 2 aromatic rings. The summed E-state index contributed by atoms with van der Waals surface area (Å²) < 4.78 is 32.9. The summed E-state index contributed by atoms with van der Waals surface area (Å²) in [6.07, 6.45) is 0. The lowest BCUT2D eigenvalue weighted by Gasteiger charge is -2.06. The second kappa shape index (κ2) is 7.64. The highest BCUT2D eigenvalue weighted by molar-refractivity contribution is 7.89. The predicted molar refractivity (Wildman–Crippen MR) is 97.2 cm³/mol. The number of carbonyl (C=O) groups excluding carboxylic acids is 1. The minimum absolute atomic E-state index is 0.0410. The summed E-state index contributed by atoms with van der Waals surface area (Å²) in [6.45, 7) is 1.62. The van der Waals surface area contributed by atoms with Crippen molar-refractivity contribution in [1.29, 1.82) is 0 Å². The van der Waals surface area contributed by atoms with Crippen molar-refractivity contribution in [2.75, 3.05) is 18.7 Å². The molecule has 0 saturated carbocycles. The smallest absolute Gasteiger partial charge is 0.265 e. The van der Waals surface area contributed by atoms with E-state index in [2.05, 4.69) is 10.5 Å². The van der Waals surface area contributed by atoms with Gasteiger partial charge in [-0.3, -0.25) is 4.79 Å². The van der Waals surface area contributed by atoms with Gasteiger partial charge in [0.1, 0.15) is 0 Å². The van der Waals surface area contributed by atoms with Crippen LogP contribution >= 0.6 is 0 Å². The monoisotopic (exact) mass is 391 g/mol. The van der Waals surface area contributed by atoms with E-state index in [-0.39, 0.29) is 18.3 Å². The Bertz CT molecular complexity index is 986. The highest BCUT2D eigenvalue weighted by Gasteiger charge is 2.14. The number of ether oxygens (including phenoxy) is 2. The first-order chi connectivity index (χ1) is 12.8. The minimum Gasteiger partial charge on any atom is -0.454 e. The first-order valence-electron chi connectivity index (χ1n) is 7.82. The molecular formula is C17H17N3O6S. The highest BCUT2D eigenvalue weighted by atomic mass is 32.2. The maximum atomic E-state index is 11.9. The van der Waals surface area contributed by atoms with Crippen LogP contribution in [-0.4, -0.2) is 33.4 Å². The molecule has 0 fully saturated rings. The summed E-state index contributed by atoms with van der Waals surface area (Å²) >= 11 is 0. The number of oxime groups is 1. The second-order valence-corrected chi connectivity index (χ2v) is 7.20. The Morgan fingerprint density at radius 3 is 2.59 bits per heavy atom. The van der Waals surface area contributed by atoms with Gasteiger partial charge >= 0.3 is 0 Å². The molecular weight excluding hydrogens is 374 g/mol. The SMILES string of the molecule is C/C(=N/OCC(=O)Nc1ccc(S(N)(=O)=O)cc1)c1ccc2c(c1)OCO2. The largest absolute Gasteiger partial charge is 0.454 e. The Hall–Kier alpha value is -3.11. The van der Waals surface area contributed by atoms with Crippen molar-refractivity contribution in [3.05, 3.63) is 48.0 Å². The number of nitrogens with one attached hydrogen (secondary N) is 1. The van der Waals surface area contributed by atoms with Crippen LogP contribution in [0.3, 0.4) is 0 Å². The minimum atomic E-state index is -3.77. The number of nitrogens with two attached hydrogens (primary N) is 1. The van der Waals surface area contributed by atoms with E-state index in [0.29, 0.717) is 22.9 Å². The van der Waals surface area contributed by atoms with Gasteiger partial charge < -0.3 is 19.6 Å². The molecule has 10 heteroatoms. The van der Waals surface area contributed by atoms with Crippen LogP contribution in [0.2, 0.25) is 0 Å². The van der Waals surface area contributed by atoms with Gasteiger partial charge in [-0.1, -0.05) is 5.16 Å². The number of anilines is 1. The van der Waals surface area contributed by atoms with Crippen LogP contribution in [0.1, 0.15) is 12.5 Å². The summed E-state index contributed by atoms with van der Waals surface area (Å²) in [4.78, 5) is 16.9. The number of hydrogen-bond acceptors (Lipinski definition) is 7. The van der Waals surface area contributed by atoms with E-state index in [1.165, 1.54) is 24.3 Å². The zero-order valence-electron chi connectivity index (χ0n) is 14.3. The zero-order chi connectivity index (χ0) is 19.4. The maximum Gasteiger partial charge on any atom is 0.265 e. The third-order valence-electron chi connectivity index (χ3n) is 3.65. The van der Waals surface area contributed by atoms with Crippen molar-refractivity contribution in [2.45, 2.75) is 11.8 Å². The molecule has 0 unspecified atom stereocenters. The van der Waals surface area contributed by atoms with Crippen LogP contribution in [0, 0.1) is 0 Å². The molecule has 0 spiro atoms. The standard InChI is InChI=1S/C17H17N3O6S/c1-11(12-2-7-15-16(8-12)25-10-24-15)20-26-9-17(21)19-13-3-5-14(6-4-13)27(18,22)23/h2-8H,9-10H2,1H3,(H,19,21)(H2,18,22,23)/b20-11-. The van der Waals surface area contributed by atoms with Gasteiger partial charge in [-0.05, 0) is 49.4 Å². The van der Waals surface area contributed by atoms with E-state index in [4.69, 9.17) is 19.5 Å². The molecule has 1 aliphatic heterocycles. The van der Waals surface area contributed by atoms with E-state index in [1.54, 1.807) is 19.1 Å². The molecule has 9 nitrogen and oxygen atoms in total. The number of fused-ring (bicyclic) bond motifs is 1. The maximum absolute atomic E-state index is 11.9. The van der Waals surface area contributed by atoms with Crippen molar-refractivity contribution < 1.29 is 27.5 Å². The van der Waals surface area contributed by atoms with Gasteiger partial charge in [0.25, 0.3) is 5.91 Å². The van der Waals surface area contributed by atoms with E-state index in [0.717, 1.165) is 5.56 Å². The molecule has 1 amide bonds. The number of primary sulfonamides is 1. The van der Waals surface area contributed by atoms with Gasteiger partial charge in [-0.25, -0.2) is 13.6 Å². The van der Waals surface area contributed by atoms with Crippen LogP contribution in [0.4, 0.5) is 5.69 Å². The lowest BCUT2D eigenvalue weighted by molar-refractivity contribution is -0.120. The van der Waals surface area contributed by atoms with E-state index in [9.17, 15) is 13.2 Å². The Kier molecular flexibility index (Phi) is 5.28. The molecule has 27 heavy (non-hydrogen) atoms. The number of rotatable bonds is 6. The number of amides is 1. The topological polar surface area (TPSA) is 129 Å². The summed E-state index contributed by atoms with van der Waals surface area (Å²) in [7, 11) is -3.77. The fourth-order valence-corrected chi connectivity index (χ4v) is 2.80. The summed E-state index contributed by atoms with van der Waals surface area (Å²) in [5, 5.41) is 11.5. The number of hydrogen-bond donors (Lipinski definition) is 2. The van der Waals surface area contributed by atoms with E-state index >= 15 is 0 Å². The third-order valence-corrected chi connectivity index (χ3v) is 4.58. The van der Waals surface area contributed by atoms with Gasteiger partial charge in [0.2, 0.25) is 16.8 Å². The average molecular weight is 391 g/mol. The molecule has 0 bridgehead atoms. The normalized spacial score (nSPS) is 13.3. The first-order valence-corrected chi connectivity index (χ1v) is 9.37. The summed E-state index contributed by atoms with van der Waals surface area (Å²) in [5.74, 6) is 0.851. The lowest BCUT2D eigenvalue weighted by Crippen LogP contribution is -2.17. The van der Waals surface area contributed by atoms with Crippen molar-refractivity contribution in [3.63, 3.8) is 0 Å². The number of benzene rings is 2. The molecule has 0 saturated heterocycles. The molecule has 0 radical (unpaired) electrons. The first kappa shape index (κ1) is 18.7. The molecule has 1 heterocycles. The van der Waals surface area contributed by atoms with Crippen molar-refractivity contribution in [1.82, 2.24) is 0 Å². The molecule has 1 aliphatic rings. The second-order valence-electron chi connectivity index (χ2n) is 5.64. The number of carbonyl (C=O) groups is 1. The van der Waals surface area contributed by atoms with Crippen molar-refractivity contribution >= 4 is 27.3 Å². The molecule has 2 aromatic carbocycles. The molecule has 3 rings (SSSR count). The third kappa shape index (κ3) is 4.74. The van der Waals surface area contributed by atoms with Gasteiger partial charge in [0.05, 0.1) is 10.6 Å². The zero-order valence-corrected chi connectivity index (χ0v) is 15.2. The molecule has 142 valence electrons. The molecule has 0 atom stereocenters. The van der Waals surface area contributed by atoms with Gasteiger partial charge in [-0.2, -0.15) is 0 Å². The van der Waals surface area contributed by atoms with Crippen molar-refractivity contribution in [2.24, 2.45) is 10.3 Å². The van der Waals surface area contributed by atoms with Crippen LogP contribution < -0.4 is 19.9 Å². The average Bonchev–Trinajstić information content (AvgIpc) is 3.09. The van der Waals surface area contributed by atoms with Crippen LogP contribution in [0.15, 0.2) is 52.5 Å². The van der Waals surface area contributed by atoms with E-state index < -0.39 is 15.9 Å². The Morgan fingerprint density at radius 1 is 1.19 bits per heavy atom. The van der Waals surface area contributed by atoms with Gasteiger partial charge in [0.15, 0.2) is 18.1 Å². The summed E-state index contributed by atoms with van der Waals surface area (Å²) in [5.41, 5.74) is 1.75. The van der Waals surface area contributed by atoms with Gasteiger partial charge in [0, 0.05) is 11.3 Å². The fourth-order valence-electron chi connectivity index (χ4n) is 2.29. The number of sulfonamides is 1. The molecule has 0 aromatic heterocycles. The lowest BCUT2D eigenvalue weighted by atomic mass is 10.1.